The van der Waals surface area contributed by atoms with E-state index in [1.54, 1.807) is 24.3 Å². The Kier molecular flexibility index (Phi) is 4.63. The largest absolute Gasteiger partial charge is 0.492 e. The van der Waals surface area contributed by atoms with Crippen LogP contribution in [0.1, 0.15) is 17.3 Å². The van der Waals surface area contributed by atoms with Crippen LogP contribution in [0.5, 0.6) is 5.75 Å². The third-order valence-electron chi connectivity index (χ3n) is 1.94. The van der Waals surface area contributed by atoms with E-state index in [1.807, 2.05) is 6.92 Å². The van der Waals surface area contributed by atoms with Crippen molar-refractivity contribution in [2.45, 2.75) is 6.92 Å². The summed E-state index contributed by atoms with van der Waals surface area (Å²) in [5, 5.41) is 3.15. The molecule has 0 heterocycles. The van der Waals surface area contributed by atoms with E-state index in [0.29, 0.717) is 12.2 Å². The molecule has 0 saturated carbocycles. The molecular weight excluding hydrogens is 192 g/mol. The van der Waals surface area contributed by atoms with Crippen LogP contribution in [-0.2, 0) is 0 Å². The van der Waals surface area contributed by atoms with Gasteiger partial charge in [-0.15, -0.1) is 0 Å². The van der Waals surface area contributed by atoms with Gasteiger partial charge in [0.05, 0.1) is 0 Å². The second-order valence-electron chi connectivity index (χ2n) is 3.09. The summed E-state index contributed by atoms with van der Waals surface area (Å²) in [6, 6.07) is 6.80. The zero-order valence-electron chi connectivity index (χ0n) is 8.82. The average Bonchev–Trinajstić information content (AvgIpc) is 2.25. The summed E-state index contributed by atoms with van der Waals surface area (Å²) >= 11 is 0. The van der Waals surface area contributed by atoms with Crippen molar-refractivity contribution in [2.24, 2.45) is 5.73 Å². The van der Waals surface area contributed by atoms with Crippen LogP contribution in [0.25, 0.3) is 0 Å². The number of ether oxygens (including phenoxy) is 1. The smallest absolute Gasteiger partial charge is 0.248 e. The number of likely N-dealkylation sites (N-methyl/N-ethyl adjacent to an activating group) is 1. The Bertz CT molecular complexity index is 309. The molecule has 15 heavy (non-hydrogen) atoms. The maximum atomic E-state index is 10.8. The van der Waals surface area contributed by atoms with Crippen LogP contribution in [0.15, 0.2) is 24.3 Å². The van der Waals surface area contributed by atoms with E-state index < -0.39 is 5.91 Å². The van der Waals surface area contributed by atoms with Gasteiger partial charge >= 0.3 is 0 Å². The van der Waals surface area contributed by atoms with Gasteiger partial charge in [-0.1, -0.05) is 6.92 Å². The van der Waals surface area contributed by atoms with Crippen LogP contribution in [0.3, 0.4) is 0 Å². The van der Waals surface area contributed by atoms with E-state index in [9.17, 15) is 4.79 Å². The first-order valence-corrected chi connectivity index (χ1v) is 4.97. The fourth-order valence-electron chi connectivity index (χ4n) is 1.13. The maximum Gasteiger partial charge on any atom is 0.248 e. The van der Waals surface area contributed by atoms with Crippen LogP contribution in [0.2, 0.25) is 0 Å². The lowest BCUT2D eigenvalue weighted by molar-refractivity contribution is 0.100. The molecule has 0 radical (unpaired) electrons. The standard InChI is InChI=1S/C11H16N2O2/c1-2-13-7-8-15-10-5-3-9(4-6-10)11(12)14/h3-6,13H,2,7-8H2,1H3,(H2,12,14). The van der Waals surface area contributed by atoms with Crippen molar-refractivity contribution in [2.75, 3.05) is 19.7 Å². The normalized spacial score (nSPS) is 9.93. The van der Waals surface area contributed by atoms with E-state index in [4.69, 9.17) is 10.5 Å². The lowest BCUT2D eigenvalue weighted by atomic mass is 10.2. The number of primary amides is 1. The van der Waals surface area contributed by atoms with Crippen LogP contribution >= 0.6 is 0 Å². The predicted octanol–water partition coefficient (Wildman–Crippen LogP) is 0.774. The number of carbonyl (C=O) groups is 1. The quantitative estimate of drug-likeness (QED) is 0.679. The lowest BCUT2D eigenvalue weighted by Crippen LogP contribution is -2.20. The highest BCUT2D eigenvalue weighted by atomic mass is 16.5. The van der Waals surface area contributed by atoms with Gasteiger partial charge in [0.25, 0.3) is 0 Å². The minimum Gasteiger partial charge on any atom is -0.492 e. The van der Waals surface area contributed by atoms with Crippen LogP contribution in [0.4, 0.5) is 0 Å². The first-order chi connectivity index (χ1) is 7.24. The van der Waals surface area contributed by atoms with Crippen molar-refractivity contribution in [3.63, 3.8) is 0 Å². The number of rotatable bonds is 6. The molecule has 0 unspecified atom stereocenters. The molecule has 0 fully saturated rings. The molecule has 0 bridgehead atoms. The molecule has 0 aliphatic heterocycles. The van der Waals surface area contributed by atoms with Gasteiger partial charge in [0.1, 0.15) is 12.4 Å². The summed E-state index contributed by atoms with van der Waals surface area (Å²) in [7, 11) is 0. The highest BCUT2D eigenvalue weighted by Crippen LogP contribution is 2.11. The summed E-state index contributed by atoms with van der Waals surface area (Å²) < 4.78 is 5.43. The number of hydrogen-bond donors (Lipinski definition) is 2. The molecule has 1 amide bonds. The van der Waals surface area contributed by atoms with Crippen molar-refractivity contribution < 1.29 is 9.53 Å². The Labute approximate surface area is 89.4 Å². The van der Waals surface area contributed by atoms with Crippen LogP contribution in [-0.4, -0.2) is 25.6 Å². The maximum absolute atomic E-state index is 10.8. The number of carbonyl (C=O) groups excluding carboxylic acids is 1. The van der Waals surface area contributed by atoms with Crippen LogP contribution < -0.4 is 15.8 Å². The highest BCUT2D eigenvalue weighted by molar-refractivity contribution is 5.92. The second-order valence-corrected chi connectivity index (χ2v) is 3.09. The summed E-state index contributed by atoms with van der Waals surface area (Å²) in [5.74, 6) is 0.326. The summed E-state index contributed by atoms with van der Waals surface area (Å²) in [6.07, 6.45) is 0. The van der Waals surface area contributed by atoms with Gasteiger partial charge in [0.2, 0.25) is 5.91 Å². The zero-order chi connectivity index (χ0) is 11.1. The molecule has 0 atom stereocenters. The molecule has 0 aliphatic rings. The third-order valence-corrected chi connectivity index (χ3v) is 1.94. The molecule has 0 spiro atoms. The highest BCUT2D eigenvalue weighted by Gasteiger charge is 1.99. The number of benzene rings is 1. The molecule has 0 saturated heterocycles. The molecule has 82 valence electrons. The van der Waals surface area contributed by atoms with Crippen molar-refractivity contribution in [1.29, 1.82) is 0 Å². The van der Waals surface area contributed by atoms with Crippen molar-refractivity contribution in [3.05, 3.63) is 29.8 Å². The molecule has 0 aliphatic carbocycles. The van der Waals surface area contributed by atoms with Gasteiger partial charge in [-0.3, -0.25) is 4.79 Å². The third kappa shape index (κ3) is 3.99. The molecule has 1 rings (SSSR count). The number of hydrogen-bond acceptors (Lipinski definition) is 3. The minimum absolute atomic E-state index is 0.422. The summed E-state index contributed by atoms with van der Waals surface area (Å²) in [4.78, 5) is 10.8. The first-order valence-electron chi connectivity index (χ1n) is 4.97. The zero-order valence-corrected chi connectivity index (χ0v) is 8.82. The fraction of sp³-hybridized carbons (Fsp3) is 0.364. The van der Waals surface area contributed by atoms with Gasteiger partial charge in [-0.25, -0.2) is 0 Å². The van der Waals surface area contributed by atoms with Crippen molar-refractivity contribution >= 4 is 5.91 Å². The first kappa shape index (κ1) is 11.5. The second kappa shape index (κ2) is 6.03. The monoisotopic (exact) mass is 208 g/mol. The minimum atomic E-state index is -0.422. The average molecular weight is 208 g/mol. The van der Waals surface area contributed by atoms with E-state index in [1.165, 1.54) is 0 Å². The van der Waals surface area contributed by atoms with Crippen molar-refractivity contribution in [1.82, 2.24) is 5.32 Å². The molecular formula is C11H16N2O2. The van der Waals surface area contributed by atoms with E-state index in [-0.39, 0.29) is 0 Å². The van der Waals surface area contributed by atoms with Gasteiger partial charge in [0.15, 0.2) is 0 Å². The summed E-state index contributed by atoms with van der Waals surface area (Å²) in [6.45, 7) is 4.41. The number of amides is 1. The van der Waals surface area contributed by atoms with Gasteiger partial charge in [0, 0.05) is 12.1 Å². The Morgan fingerprint density at radius 2 is 2.07 bits per heavy atom. The van der Waals surface area contributed by atoms with Crippen LogP contribution in [0, 0.1) is 0 Å². The Hall–Kier alpha value is -1.55. The fourth-order valence-corrected chi connectivity index (χ4v) is 1.13. The van der Waals surface area contributed by atoms with E-state index in [2.05, 4.69) is 5.32 Å². The molecule has 0 aromatic heterocycles. The topological polar surface area (TPSA) is 64.3 Å². The van der Waals surface area contributed by atoms with E-state index in [0.717, 1.165) is 18.8 Å². The Morgan fingerprint density at radius 1 is 1.40 bits per heavy atom. The predicted molar refractivity (Wildman–Crippen MR) is 59.0 cm³/mol. The van der Waals surface area contributed by atoms with Gasteiger partial charge in [-0.05, 0) is 30.8 Å². The molecule has 1 aromatic rings. The van der Waals surface area contributed by atoms with Gasteiger partial charge in [-0.2, -0.15) is 0 Å². The SMILES string of the molecule is CCNCCOc1ccc(C(N)=O)cc1. The molecule has 1 aromatic carbocycles. The number of nitrogens with one attached hydrogen (secondary N) is 1. The Morgan fingerprint density at radius 3 is 2.60 bits per heavy atom. The van der Waals surface area contributed by atoms with E-state index >= 15 is 0 Å². The van der Waals surface area contributed by atoms with Gasteiger partial charge < -0.3 is 15.8 Å². The molecule has 4 heteroatoms. The Balaban J connectivity index is 2.39. The van der Waals surface area contributed by atoms with Crippen molar-refractivity contribution in [3.8, 4) is 5.75 Å². The molecule has 3 N–H and O–H groups in total. The number of nitrogens with two attached hydrogens (primary N) is 1. The summed E-state index contributed by atoms with van der Waals surface area (Å²) in [5.41, 5.74) is 5.61. The lowest BCUT2D eigenvalue weighted by Gasteiger charge is -2.06. The molecule has 4 nitrogen and oxygen atoms in total.